The van der Waals surface area contributed by atoms with E-state index in [9.17, 15) is 9.59 Å². The topological polar surface area (TPSA) is 73.9 Å². The van der Waals surface area contributed by atoms with Crippen molar-refractivity contribution in [1.82, 2.24) is 0 Å². The Morgan fingerprint density at radius 3 is 2.52 bits per heavy atom. The molecule has 0 saturated carbocycles. The monoisotopic (exact) mass is 415 g/mol. The third-order valence-corrected chi connectivity index (χ3v) is 6.09. The standard InChI is InChI=1S/C22H25NO5S/c1-26-16-11-9-14(13-17(16)27-2)10-12-19(24)23-21-20(22(25)28-3)15-7-5-4-6-8-18(15)29-21/h9-13H,4-8H2,1-3H3,(H,23,24)/b12-10+. The smallest absolute Gasteiger partial charge is 0.341 e. The van der Waals surface area contributed by atoms with Gasteiger partial charge in [0.2, 0.25) is 5.91 Å². The molecule has 1 aromatic carbocycles. The number of ether oxygens (including phenoxy) is 3. The SMILES string of the molecule is COC(=O)c1c(NC(=O)/C=C/c2ccc(OC)c(OC)c2)sc2c1CCCCC2. The average Bonchev–Trinajstić information content (AvgIpc) is 2.91. The van der Waals surface area contributed by atoms with Crippen molar-refractivity contribution < 1.29 is 23.8 Å². The van der Waals surface area contributed by atoms with Gasteiger partial charge in [0.05, 0.1) is 26.9 Å². The van der Waals surface area contributed by atoms with Crippen molar-refractivity contribution in [3.8, 4) is 11.5 Å². The molecule has 3 rings (SSSR count). The number of amides is 1. The third kappa shape index (κ3) is 4.79. The molecule has 2 aromatic rings. The van der Waals surface area contributed by atoms with Crippen molar-refractivity contribution in [1.29, 1.82) is 0 Å². The number of benzene rings is 1. The van der Waals surface area contributed by atoms with Gasteiger partial charge in [-0.3, -0.25) is 4.79 Å². The molecule has 1 heterocycles. The lowest BCUT2D eigenvalue weighted by Gasteiger charge is -2.08. The summed E-state index contributed by atoms with van der Waals surface area (Å²) < 4.78 is 15.5. The maximum atomic E-state index is 12.5. The number of aryl methyl sites for hydroxylation is 1. The van der Waals surface area contributed by atoms with Gasteiger partial charge in [0.25, 0.3) is 0 Å². The maximum Gasteiger partial charge on any atom is 0.341 e. The van der Waals surface area contributed by atoms with Crippen LogP contribution in [0.4, 0.5) is 5.00 Å². The molecular weight excluding hydrogens is 390 g/mol. The van der Waals surface area contributed by atoms with Crippen LogP contribution in [0.1, 0.15) is 45.6 Å². The van der Waals surface area contributed by atoms with Crippen molar-refractivity contribution in [2.75, 3.05) is 26.6 Å². The molecule has 1 aromatic heterocycles. The lowest BCUT2D eigenvalue weighted by atomic mass is 10.1. The van der Waals surface area contributed by atoms with Gasteiger partial charge >= 0.3 is 5.97 Å². The number of nitrogens with one attached hydrogen (secondary N) is 1. The molecule has 6 nitrogen and oxygen atoms in total. The molecule has 0 unspecified atom stereocenters. The van der Waals surface area contributed by atoms with Crippen LogP contribution in [-0.4, -0.2) is 33.2 Å². The minimum atomic E-state index is -0.399. The molecular formula is C22H25NO5S. The van der Waals surface area contributed by atoms with Gasteiger partial charge in [-0.1, -0.05) is 12.5 Å². The number of thiophene rings is 1. The summed E-state index contributed by atoms with van der Waals surface area (Å²) in [4.78, 5) is 26.0. The Kier molecular flexibility index (Phi) is 6.93. The van der Waals surface area contributed by atoms with Crippen LogP contribution >= 0.6 is 11.3 Å². The van der Waals surface area contributed by atoms with Gasteiger partial charge in [-0.2, -0.15) is 0 Å². The number of anilines is 1. The number of methoxy groups -OCH3 is 3. The fourth-order valence-electron chi connectivity index (χ4n) is 3.43. The molecule has 0 fully saturated rings. The van der Waals surface area contributed by atoms with E-state index in [1.54, 1.807) is 32.4 Å². The minimum Gasteiger partial charge on any atom is -0.493 e. The molecule has 1 N–H and O–H groups in total. The number of fused-ring (bicyclic) bond motifs is 1. The third-order valence-electron chi connectivity index (χ3n) is 4.88. The Morgan fingerprint density at radius 1 is 1.03 bits per heavy atom. The average molecular weight is 416 g/mol. The van der Waals surface area contributed by atoms with Crippen molar-refractivity contribution in [2.24, 2.45) is 0 Å². The zero-order valence-corrected chi connectivity index (χ0v) is 17.7. The van der Waals surface area contributed by atoms with E-state index in [1.807, 2.05) is 6.07 Å². The molecule has 1 aliphatic rings. The summed E-state index contributed by atoms with van der Waals surface area (Å²) in [7, 11) is 4.50. The Labute approximate surface area is 174 Å². The Bertz CT molecular complexity index is 932. The number of carbonyl (C=O) groups is 2. The van der Waals surface area contributed by atoms with Crippen molar-refractivity contribution in [3.63, 3.8) is 0 Å². The number of esters is 1. The van der Waals surface area contributed by atoms with Crippen LogP contribution in [0.5, 0.6) is 11.5 Å². The predicted octanol–water partition coefficient (Wildman–Crippen LogP) is 4.47. The van der Waals surface area contributed by atoms with E-state index in [1.165, 1.54) is 29.4 Å². The van der Waals surface area contributed by atoms with Crippen molar-refractivity contribution in [2.45, 2.75) is 32.1 Å². The summed E-state index contributed by atoms with van der Waals surface area (Å²) in [5.41, 5.74) is 2.33. The molecule has 0 bridgehead atoms. The molecule has 0 spiro atoms. The Morgan fingerprint density at radius 2 is 1.79 bits per heavy atom. The van der Waals surface area contributed by atoms with E-state index in [-0.39, 0.29) is 5.91 Å². The molecule has 154 valence electrons. The van der Waals surface area contributed by atoms with Crippen LogP contribution < -0.4 is 14.8 Å². The van der Waals surface area contributed by atoms with Gasteiger partial charge in [-0.05, 0) is 55.0 Å². The zero-order chi connectivity index (χ0) is 20.8. The van der Waals surface area contributed by atoms with Crippen LogP contribution in [0.3, 0.4) is 0 Å². The fourth-order valence-corrected chi connectivity index (χ4v) is 4.71. The van der Waals surface area contributed by atoms with Gasteiger partial charge < -0.3 is 19.5 Å². The molecule has 29 heavy (non-hydrogen) atoms. The lowest BCUT2D eigenvalue weighted by molar-refractivity contribution is -0.111. The summed E-state index contributed by atoms with van der Waals surface area (Å²) in [6.45, 7) is 0. The van der Waals surface area contributed by atoms with Crippen LogP contribution in [0, 0.1) is 0 Å². The lowest BCUT2D eigenvalue weighted by Crippen LogP contribution is -2.12. The maximum absolute atomic E-state index is 12.5. The van der Waals surface area contributed by atoms with Crippen LogP contribution in [0.25, 0.3) is 6.08 Å². The van der Waals surface area contributed by atoms with Gasteiger partial charge in [-0.25, -0.2) is 4.79 Å². The summed E-state index contributed by atoms with van der Waals surface area (Å²) in [5, 5.41) is 3.42. The first-order valence-electron chi connectivity index (χ1n) is 9.51. The highest BCUT2D eigenvalue weighted by Crippen LogP contribution is 2.38. The van der Waals surface area contributed by atoms with Gasteiger partial charge in [-0.15, -0.1) is 11.3 Å². The highest BCUT2D eigenvalue weighted by atomic mass is 32.1. The molecule has 7 heteroatoms. The second kappa shape index (κ2) is 9.60. The van der Waals surface area contributed by atoms with E-state index in [0.29, 0.717) is 22.1 Å². The summed E-state index contributed by atoms with van der Waals surface area (Å²) in [5.74, 6) is 0.506. The first-order valence-corrected chi connectivity index (χ1v) is 10.3. The summed E-state index contributed by atoms with van der Waals surface area (Å²) >= 11 is 1.48. The second-order valence-electron chi connectivity index (χ2n) is 6.70. The van der Waals surface area contributed by atoms with E-state index < -0.39 is 5.97 Å². The molecule has 0 radical (unpaired) electrons. The highest BCUT2D eigenvalue weighted by molar-refractivity contribution is 7.17. The van der Waals surface area contributed by atoms with Gasteiger partial charge in [0.15, 0.2) is 11.5 Å². The zero-order valence-electron chi connectivity index (χ0n) is 16.9. The van der Waals surface area contributed by atoms with E-state index in [2.05, 4.69) is 5.32 Å². The quantitative estimate of drug-likeness (QED) is 0.428. The minimum absolute atomic E-state index is 0.304. The largest absolute Gasteiger partial charge is 0.493 e. The van der Waals surface area contributed by atoms with Crippen LogP contribution in [-0.2, 0) is 22.4 Å². The number of hydrogen-bond donors (Lipinski definition) is 1. The number of carbonyl (C=O) groups excluding carboxylic acids is 2. The fraction of sp³-hybridized carbons (Fsp3) is 0.364. The Balaban J connectivity index is 1.80. The normalized spacial score (nSPS) is 13.5. The predicted molar refractivity (Wildman–Crippen MR) is 114 cm³/mol. The summed E-state index contributed by atoms with van der Waals surface area (Å²) in [6.07, 6.45) is 8.19. The van der Waals surface area contributed by atoms with Gasteiger partial charge in [0.1, 0.15) is 5.00 Å². The first kappa shape index (κ1) is 20.9. The highest BCUT2D eigenvalue weighted by Gasteiger charge is 2.25. The number of hydrogen-bond acceptors (Lipinski definition) is 6. The van der Waals surface area contributed by atoms with Crippen molar-refractivity contribution in [3.05, 3.63) is 45.8 Å². The summed E-state index contributed by atoms with van der Waals surface area (Å²) in [6, 6.07) is 5.40. The van der Waals surface area contributed by atoms with Crippen LogP contribution in [0.15, 0.2) is 24.3 Å². The molecule has 0 atom stereocenters. The van der Waals surface area contributed by atoms with E-state index >= 15 is 0 Å². The Hall–Kier alpha value is -2.80. The van der Waals surface area contributed by atoms with E-state index in [4.69, 9.17) is 14.2 Å². The van der Waals surface area contributed by atoms with Crippen LogP contribution in [0.2, 0.25) is 0 Å². The van der Waals surface area contributed by atoms with E-state index in [0.717, 1.165) is 43.2 Å². The first-order chi connectivity index (χ1) is 14.1. The van der Waals surface area contributed by atoms with Gasteiger partial charge in [0, 0.05) is 11.0 Å². The molecule has 0 aliphatic heterocycles. The molecule has 0 saturated heterocycles. The second-order valence-corrected chi connectivity index (χ2v) is 7.80. The number of rotatable bonds is 6. The van der Waals surface area contributed by atoms with Crippen molar-refractivity contribution >= 4 is 34.3 Å². The molecule has 1 amide bonds. The molecule has 1 aliphatic carbocycles.